The highest BCUT2D eigenvalue weighted by molar-refractivity contribution is 5.86. The number of fused-ring (bicyclic) bond motifs is 1. The van der Waals surface area contributed by atoms with Crippen molar-refractivity contribution in [1.82, 2.24) is 0 Å². The number of halogens is 2. The van der Waals surface area contributed by atoms with Gasteiger partial charge in [0.05, 0.1) is 0 Å². The van der Waals surface area contributed by atoms with E-state index in [1.807, 2.05) is 0 Å². The lowest BCUT2D eigenvalue weighted by Gasteiger charge is -2.02. The summed E-state index contributed by atoms with van der Waals surface area (Å²) in [6.45, 7) is 3.59. The zero-order valence-electron chi connectivity index (χ0n) is 6.85. The summed E-state index contributed by atoms with van der Waals surface area (Å²) in [6, 6.07) is 7.08. The van der Waals surface area contributed by atoms with Gasteiger partial charge in [-0.2, -0.15) is 0 Å². The van der Waals surface area contributed by atoms with Crippen LogP contribution in [0.25, 0.3) is 10.8 Å². The molecular formula is C11H7F2. The van der Waals surface area contributed by atoms with Gasteiger partial charge in [0, 0.05) is 5.39 Å². The summed E-state index contributed by atoms with van der Waals surface area (Å²) in [4.78, 5) is 0. The molecule has 0 atom stereocenters. The maximum absolute atomic E-state index is 13.2. The van der Waals surface area contributed by atoms with Crippen molar-refractivity contribution in [1.29, 1.82) is 0 Å². The normalized spacial score (nSPS) is 10.7. The maximum Gasteiger partial charge on any atom is 0.131 e. The predicted octanol–water partition coefficient (Wildman–Crippen LogP) is 3.30. The molecule has 0 amide bonds. The Bertz CT molecular complexity index is 461. The van der Waals surface area contributed by atoms with Crippen LogP contribution in [0.15, 0.2) is 30.3 Å². The lowest BCUT2D eigenvalue weighted by Crippen LogP contribution is -1.85. The van der Waals surface area contributed by atoms with E-state index in [0.717, 1.165) is 0 Å². The molecule has 0 saturated heterocycles. The molecule has 0 aliphatic carbocycles. The van der Waals surface area contributed by atoms with Gasteiger partial charge < -0.3 is 0 Å². The molecule has 0 bridgehead atoms. The van der Waals surface area contributed by atoms with Crippen molar-refractivity contribution in [3.05, 3.63) is 54.5 Å². The lowest BCUT2D eigenvalue weighted by atomic mass is 10.1. The van der Waals surface area contributed by atoms with Crippen molar-refractivity contribution in [3.8, 4) is 0 Å². The largest absolute Gasteiger partial charge is 0.207 e. The van der Waals surface area contributed by atoms with Crippen molar-refractivity contribution in [2.75, 3.05) is 0 Å². The molecule has 0 N–H and O–H groups in total. The molecule has 0 spiro atoms. The highest BCUT2D eigenvalue weighted by atomic mass is 19.1. The van der Waals surface area contributed by atoms with E-state index in [9.17, 15) is 8.78 Å². The average molecular weight is 177 g/mol. The Kier molecular flexibility index (Phi) is 1.76. The Morgan fingerprint density at radius 3 is 2.62 bits per heavy atom. The Morgan fingerprint density at radius 1 is 1.08 bits per heavy atom. The molecule has 2 heteroatoms. The molecule has 0 nitrogen and oxygen atoms in total. The van der Waals surface area contributed by atoms with E-state index in [0.29, 0.717) is 16.3 Å². The Morgan fingerprint density at radius 2 is 1.85 bits per heavy atom. The number of hydrogen-bond donors (Lipinski definition) is 0. The van der Waals surface area contributed by atoms with Crippen LogP contribution >= 0.6 is 0 Å². The van der Waals surface area contributed by atoms with Crippen molar-refractivity contribution in [2.24, 2.45) is 0 Å². The fraction of sp³-hybridized carbons (Fsp3) is 0. The molecule has 65 valence electrons. The first-order valence-corrected chi connectivity index (χ1v) is 3.88. The van der Waals surface area contributed by atoms with Crippen molar-refractivity contribution in [3.63, 3.8) is 0 Å². The van der Waals surface area contributed by atoms with Crippen LogP contribution in [0.2, 0.25) is 0 Å². The third-order valence-electron chi connectivity index (χ3n) is 1.97. The van der Waals surface area contributed by atoms with Gasteiger partial charge in [-0.3, -0.25) is 0 Å². The van der Waals surface area contributed by atoms with Crippen LogP contribution in [0.1, 0.15) is 5.56 Å². The van der Waals surface area contributed by atoms with E-state index < -0.39 is 0 Å². The first-order valence-electron chi connectivity index (χ1n) is 3.88. The Balaban J connectivity index is 2.94. The first-order chi connectivity index (χ1) is 6.18. The molecule has 13 heavy (non-hydrogen) atoms. The van der Waals surface area contributed by atoms with Gasteiger partial charge in [0.1, 0.15) is 11.6 Å². The molecule has 0 fully saturated rings. The minimum atomic E-state index is -0.386. The quantitative estimate of drug-likeness (QED) is 0.579. The molecular weight excluding hydrogens is 170 g/mol. The summed E-state index contributed by atoms with van der Waals surface area (Å²) in [5.74, 6) is -0.745. The highest BCUT2D eigenvalue weighted by Crippen LogP contribution is 2.22. The molecule has 0 saturated carbocycles. The minimum absolute atomic E-state index is 0.359. The zero-order valence-corrected chi connectivity index (χ0v) is 6.85. The predicted molar refractivity (Wildman–Crippen MR) is 48.3 cm³/mol. The van der Waals surface area contributed by atoms with Crippen LogP contribution in [0.5, 0.6) is 0 Å². The van der Waals surface area contributed by atoms with E-state index in [4.69, 9.17) is 0 Å². The Labute approximate surface area is 74.8 Å². The monoisotopic (exact) mass is 177 g/mol. The molecule has 0 aliphatic rings. The van der Waals surface area contributed by atoms with E-state index in [-0.39, 0.29) is 11.6 Å². The highest BCUT2D eigenvalue weighted by Gasteiger charge is 2.04. The second kappa shape index (κ2) is 2.80. The summed E-state index contributed by atoms with van der Waals surface area (Å²) >= 11 is 0. The van der Waals surface area contributed by atoms with Crippen molar-refractivity contribution < 1.29 is 8.78 Å². The van der Waals surface area contributed by atoms with E-state index in [2.05, 4.69) is 6.92 Å². The molecule has 2 aromatic rings. The van der Waals surface area contributed by atoms with E-state index >= 15 is 0 Å². The fourth-order valence-corrected chi connectivity index (χ4v) is 1.43. The van der Waals surface area contributed by atoms with Crippen LogP contribution in [0, 0.1) is 18.6 Å². The zero-order chi connectivity index (χ0) is 9.42. The molecule has 1 radical (unpaired) electrons. The number of rotatable bonds is 0. The lowest BCUT2D eigenvalue weighted by molar-refractivity contribution is 0.626. The van der Waals surface area contributed by atoms with Crippen LogP contribution in [0.4, 0.5) is 8.78 Å². The van der Waals surface area contributed by atoms with Gasteiger partial charge >= 0.3 is 0 Å². The summed E-state index contributed by atoms with van der Waals surface area (Å²) in [5, 5.41) is 0.939. The van der Waals surface area contributed by atoms with Gasteiger partial charge in [-0.15, -0.1) is 0 Å². The van der Waals surface area contributed by atoms with E-state index in [1.54, 1.807) is 12.1 Å². The molecule has 0 aromatic heterocycles. The van der Waals surface area contributed by atoms with Gasteiger partial charge in [-0.1, -0.05) is 12.1 Å². The summed E-state index contributed by atoms with van der Waals surface area (Å²) in [7, 11) is 0. The standard InChI is InChI=1S/C11H7F2/c1-7-5-9(12)6-8-3-2-4-10(13)11(7)8/h2-6H,1H2. The van der Waals surface area contributed by atoms with Gasteiger partial charge in [0.15, 0.2) is 0 Å². The SMILES string of the molecule is [CH2]c1cc(F)cc2cccc(F)c12. The molecule has 2 rings (SSSR count). The number of benzene rings is 2. The summed E-state index contributed by atoms with van der Waals surface area (Å²) < 4.78 is 26.1. The molecule has 0 aliphatic heterocycles. The van der Waals surface area contributed by atoms with Gasteiger partial charge in [-0.25, -0.2) is 8.78 Å². The second-order valence-corrected chi connectivity index (χ2v) is 2.90. The van der Waals surface area contributed by atoms with Crippen molar-refractivity contribution >= 4 is 10.8 Å². The van der Waals surface area contributed by atoms with Crippen LogP contribution < -0.4 is 0 Å². The average Bonchev–Trinajstić information content (AvgIpc) is 2.02. The summed E-state index contributed by atoms with van der Waals surface area (Å²) in [5.41, 5.74) is 0.383. The van der Waals surface area contributed by atoms with Crippen LogP contribution in [-0.2, 0) is 0 Å². The van der Waals surface area contributed by atoms with Crippen molar-refractivity contribution in [2.45, 2.75) is 0 Å². The third-order valence-corrected chi connectivity index (χ3v) is 1.97. The molecule has 0 unspecified atom stereocenters. The van der Waals surface area contributed by atoms with Gasteiger partial charge in [0.25, 0.3) is 0 Å². The van der Waals surface area contributed by atoms with Crippen LogP contribution in [-0.4, -0.2) is 0 Å². The molecule has 0 heterocycles. The Hall–Kier alpha value is -1.44. The third kappa shape index (κ3) is 1.28. The van der Waals surface area contributed by atoms with Crippen LogP contribution in [0.3, 0.4) is 0 Å². The second-order valence-electron chi connectivity index (χ2n) is 2.90. The molecule has 2 aromatic carbocycles. The maximum atomic E-state index is 13.2. The summed E-state index contributed by atoms with van der Waals surface area (Å²) in [6.07, 6.45) is 0. The topological polar surface area (TPSA) is 0 Å². The minimum Gasteiger partial charge on any atom is -0.207 e. The fourth-order valence-electron chi connectivity index (χ4n) is 1.43. The smallest absolute Gasteiger partial charge is 0.131 e. The number of hydrogen-bond acceptors (Lipinski definition) is 0. The van der Waals surface area contributed by atoms with E-state index in [1.165, 1.54) is 18.2 Å². The van der Waals surface area contributed by atoms with Gasteiger partial charge in [-0.05, 0) is 36.1 Å². The first kappa shape index (κ1) is 8.17. The van der Waals surface area contributed by atoms with Gasteiger partial charge in [0.2, 0.25) is 0 Å².